The van der Waals surface area contributed by atoms with Crippen molar-refractivity contribution in [3.8, 4) is 5.75 Å². The van der Waals surface area contributed by atoms with Gasteiger partial charge in [-0.05, 0) is 44.0 Å². The first-order valence-electron chi connectivity index (χ1n) is 10.8. The van der Waals surface area contributed by atoms with Crippen LogP contribution in [0.5, 0.6) is 5.75 Å². The molecule has 1 fully saturated rings. The third-order valence-electron chi connectivity index (χ3n) is 4.93. The third-order valence-corrected chi connectivity index (χ3v) is 4.93. The molecule has 0 spiro atoms. The Morgan fingerprint density at radius 1 is 1.26 bits per heavy atom. The largest absolute Gasteiger partial charge is 0.493 e. The minimum absolute atomic E-state index is 0.117. The van der Waals surface area contributed by atoms with Gasteiger partial charge in [-0.15, -0.1) is 0 Å². The normalized spacial score (nSPS) is 16.2. The van der Waals surface area contributed by atoms with Crippen LogP contribution < -0.4 is 20.7 Å². The number of amides is 1. The van der Waals surface area contributed by atoms with Gasteiger partial charge in [-0.1, -0.05) is 12.1 Å². The second kappa shape index (κ2) is 12.0. The lowest BCUT2D eigenvalue weighted by molar-refractivity contribution is -0.120. The Kier molecular flexibility index (Phi) is 8.78. The molecule has 168 valence electrons. The van der Waals surface area contributed by atoms with E-state index in [1.165, 1.54) is 0 Å². The zero-order valence-electron chi connectivity index (χ0n) is 18.3. The summed E-state index contributed by atoms with van der Waals surface area (Å²) in [7, 11) is 0. The molecule has 1 unspecified atom stereocenters. The smallest absolute Gasteiger partial charge is 0.239 e. The Labute approximate surface area is 183 Å². The lowest BCUT2D eigenvalue weighted by atomic mass is 10.1. The van der Waals surface area contributed by atoms with Crippen LogP contribution in [0.25, 0.3) is 0 Å². The number of ether oxygens (including phenoxy) is 2. The van der Waals surface area contributed by atoms with Crippen molar-refractivity contribution in [3.05, 3.63) is 53.5 Å². The van der Waals surface area contributed by atoms with Gasteiger partial charge in [0.05, 0.1) is 39.1 Å². The number of nitrogens with zero attached hydrogens (tertiary/aromatic N) is 1. The minimum atomic E-state index is -0.139. The Hall–Kier alpha value is -3.00. The molecule has 31 heavy (non-hydrogen) atoms. The molecule has 3 N–H and O–H groups in total. The van der Waals surface area contributed by atoms with Gasteiger partial charge in [0, 0.05) is 24.6 Å². The van der Waals surface area contributed by atoms with E-state index >= 15 is 0 Å². The first kappa shape index (κ1) is 22.7. The van der Waals surface area contributed by atoms with Crippen LogP contribution in [0.4, 0.5) is 0 Å². The van der Waals surface area contributed by atoms with E-state index in [0.717, 1.165) is 36.5 Å². The van der Waals surface area contributed by atoms with E-state index < -0.39 is 0 Å². The van der Waals surface area contributed by atoms with E-state index in [9.17, 15) is 4.79 Å². The summed E-state index contributed by atoms with van der Waals surface area (Å²) in [6, 6.07) is 9.75. The van der Waals surface area contributed by atoms with E-state index in [-0.39, 0.29) is 12.5 Å². The van der Waals surface area contributed by atoms with Gasteiger partial charge in [0.25, 0.3) is 0 Å². The molecule has 1 aromatic carbocycles. The highest BCUT2D eigenvalue weighted by Gasteiger charge is 2.17. The van der Waals surface area contributed by atoms with Gasteiger partial charge in [0.1, 0.15) is 11.5 Å². The van der Waals surface area contributed by atoms with Gasteiger partial charge in [-0.25, -0.2) is 4.99 Å². The summed E-state index contributed by atoms with van der Waals surface area (Å²) in [5, 5.41) is 9.04. The summed E-state index contributed by atoms with van der Waals surface area (Å²) in [6.07, 6.45) is 2.62. The van der Waals surface area contributed by atoms with Crippen LogP contribution in [0.15, 0.2) is 46.0 Å². The molecule has 0 aliphatic carbocycles. The summed E-state index contributed by atoms with van der Waals surface area (Å²) in [5.41, 5.74) is 2.15. The Morgan fingerprint density at radius 3 is 2.90 bits per heavy atom. The van der Waals surface area contributed by atoms with Gasteiger partial charge < -0.3 is 29.8 Å². The Morgan fingerprint density at radius 2 is 2.16 bits per heavy atom. The SMILES string of the molecule is CCNC(=NCc1ccc(C)cc1OCC1CCOC1)NCC(=O)NCc1ccco1. The van der Waals surface area contributed by atoms with Crippen LogP contribution in [0.2, 0.25) is 0 Å². The van der Waals surface area contributed by atoms with Gasteiger partial charge in [0.15, 0.2) is 5.96 Å². The summed E-state index contributed by atoms with van der Waals surface area (Å²) in [6.45, 7) is 7.86. The molecule has 8 nitrogen and oxygen atoms in total. The molecule has 0 bridgehead atoms. The quantitative estimate of drug-likeness (QED) is 0.397. The summed E-state index contributed by atoms with van der Waals surface area (Å²) in [4.78, 5) is 16.7. The summed E-state index contributed by atoms with van der Waals surface area (Å²) >= 11 is 0. The molecule has 1 saturated heterocycles. The molecule has 2 aromatic rings. The van der Waals surface area contributed by atoms with Crippen molar-refractivity contribution < 1.29 is 18.7 Å². The van der Waals surface area contributed by atoms with Crippen LogP contribution in [-0.2, 0) is 22.6 Å². The van der Waals surface area contributed by atoms with Crippen LogP contribution in [0.1, 0.15) is 30.2 Å². The highest BCUT2D eigenvalue weighted by Crippen LogP contribution is 2.23. The van der Waals surface area contributed by atoms with Crippen LogP contribution in [0, 0.1) is 12.8 Å². The predicted octanol–water partition coefficient (Wildman–Crippen LogP) is 2.37. The molecule has 1 aliphatic heterocycles. The number of hydrogen-bond acceptors (Lipinski definition) is 5. The standard InChI is InChI=1S/C23H32N4O4/c1-3-24-23(27-14-22(28)25-13-20-5-4-9-30-20)26-12-19-7-6-17(2)11-21(19)31-16-18-8-10-29-15-18/h4-7,9,11,18H,3,8,10,12-16H2,1-2H3,(H,25,28)(H2,24,26,27). The van der Waals surface area contributed by atoms with Crippen molar-refractivity contribution in [1.82, 2.24) is 16.0 Å². The first-order chi connectivity index (χ1) is 15.1. The number of guanidine groups is 1. The van der Waals surface area contributed by atoms with E-state index in [1.54, 1.807) is 12.3 Å². The zero-order chi connectivity index (χ0) is 21.9. The molecular formula is C23H32N4O4. The highest BCUT2D eigenvalue weighted by molar-refractivity contribution is 5.86. The van der Waals surface area contributed by atoms with Gasteiger partial charge in [-0.3, -0.25) is 4.79 Å². The second-order valence-corrected chi connectivity index (χ2v) is 7.56. The Balaban J connectivity index is 1.54. The monoisotopic (exact) mass is 428 g/mol. The van der Waals surface area contributed by atoms with Crippen molar-refractivity contribution in [1.29, 1.82) is 0 Å². The second-order valence-electron chi connectivity index (χ2n) is 7.56. The van der Waals surface area contributed by atoms with E-state index in [2.05, 4.69) is 27.0 Å². The maximum atomic E-state index is 12.1. The van der Waals surface area contributed by atoms with Gasteiger partial charge in [-0.2, -0.15) is 0 Å². The summed E-state index contributed by atoms with van der Waals surface area (Å²) < 4.78 is 16.7. The maximum absolute atomic E-state index is 12.1. The molecule has 3 rings (SSSR count). The molecule has 0 radical (unpaired) electrons. The van der Waals surface area contributed by atoms with Crippen molar-refractivity contribution >= 4 is 11.9 Å². The average Bonchev–Trinajstić information content (AvgIpc) is 3.48. The minimum Gasteiger partial charge on any atom is -0.493 e. The van der Waals surface area contributed by atoms with Crippen LogP contribution in [-0.4, -0.2) is 44.8 Å². The topological polar surface area (TPSA) is 97.1 Å². The van der Waals surface area contributed by atoms with E-state index in [0.29, 0.717) is 43.9 Å². The lowest BCUT2D eigenvalue weighted by Crippen LogP contribution is -2.43. The van der Waals surface area contributed by atoms with Crippen LogP contribution in [0.3, 0.4) is 0 Å². The molecule has 1 atom stereocenters. The third kappa shape index (κ3) is 7.64. The van der Waals surface area contributed by atoms with Crippen LogP contribution >= 0.6 is 0 Å². The zero-order valence-corrected chi connectivity index (χ0v) is 18.3. The van der Waals surface area contributed by atoms with Crippen molar-refractivity contribution in [2.45, 2.75) is 33.4 Å². The highest BCUT2D eigenvalue weighted by atomic mass is 16.5. The van der Waals surface area contributed by atoms with Crippen molar-refractivity contribution in [2.75, 3.05) is 32.9 Å². The van der Waals surface area contributed by atoms with Crippen molar-refractivity contribution in [2.24, 2.45) is 10.9 Å². The van der Waals surface area contributed by atoms with Crippen molar-refractivity contribution in [3.63, 3.8) is 0 Å². The molecule has 1 amide bonds. The number of furan rings is 1. The number of carbonyl (C=O) groups is 1. The Bertz CT molecular complexity index is 845. The predicted molar refractivity (Wildman–Crippen MR) is 119 cm³/mol. The number of nitrogens with one attached hydrogen (secondary N) is 3. The number of hydrogen-bond donors (Lipinski definition) is 3. The fourth-order valence-corrected chi connectivity index (χ4v) is 3.18. The molecule has 1 aliphatic rings. The fraction of sp³-hybridized carbons (Fsp3) is 0.478. The number of benzene rings is 1. The molecule has 2 heterocycles. The van der Waals surface area contributed by atoms with E-state index in [1.807, 2.05) is 32.0 Å². The van der Waals surface area contributed by atoms with Gasteiger partial charge >= 0.3 is 0 Å². The number of aliphatic imine (C=N–C) groups is 1. The lowest BCUT2D eigenvalue weighted by Gasteiger charge is -2.15. The number of rotatable bonds is 10. The average molecular weight is 429 g/mol. The molecule has 0 saturated carbocycles. The van der Waals surface area contributed by atoms with Gasteiger partial charge in [0.2, 0.25) is 5.91 Å². The maximum Gasteiger partial charge on any atom is 0.239 e. The molecule has 8 heteroatoms. The molecule has 1 aromatic heterocycles. The number of aryl methyl sites for hydroxylation is 1. The molecular weight excluding hydrogens is 396 g/mol. The fourth-order valence-electron chi connectivity index (χ4n) is 3.18. The summed E-state index contributed by atoms with van der Waals surface area (Å²) in [5.74, 6) is 2.44. The van der Waals surface area contributed by atoms with E-state index in [4.69, 9.17) is 13.9 Å². The number of carbonyl (C=O) groups excluding carboxylic acids is 1. The first-order valence-corrected chi connectivity index (χ1v) is 10.8.